The third-order valence-corrected chi connectivity index (χ3v) is 7.58. The number of thiophene rings is 1. The summed E-state index contributed by atoms with van der Waals surface area (Å²) in [6, 6.07) is 4.81. The van der Waals surface area contributed by atoms with Crippen LogP contribution in [0.3, 0.4) is 0 Å². The fourth-order valence-corrected chi connectivity index (χ4v) is 6.32. The Labute approximate surface area is 172 Å². The largest absolute Gasteiger partial charge is 0.379 e. The van der Waals surface area contributed by atoms with Gasteiger partial charge in [-0.05, 0) is 45.1 Å². The molecule has 0 aromatic carbocycles. The van der Waals surface area contributed by atoms with E-state index in [1.807, 2.05) is 11.3 Å². The first-order chi connectivity index (χ1) is 13.1. The second-order valence-electron chi connectivity index (χ2n) is 7.58. The molecule has 2 atom stereocenters. The molecule has 3 heterocycles. The van der Waals surface area contributed by atoms with Crippen LogP contribution in [0.1, 0.15) is 30.0 Å². The molecule has 2 saturated heterocycles. The zero-order chi connectivity index (χ0) is 19.1. The van der Waals surface area contributed by atoms with Crippen molar-refractivity contribution >= 4 is 29.1 Å². The quantitative estimate of drug-likeness (QED) is 0.535. The molecule has 152 valence electrons. The van der Waals surface area contributed by atoms with E-state index in [1.165, 1.54) is 27.7 Å². The minimum Gasteiger partial charge on any atom is -0.379 e. The van der Waals surface area contributed by atoms with E-state index < -0.39 is 0 Å². The number of rotatable bonds is 7. The number of hydrogen-bond acceptors (Lipinski definition) is 5. The lowest BCUT2D eigenvalue weighted by Gasteiger charge is -2.42. The molecule has 2 N–H and O–H groups in total. The summed E-state index contributed by atoms with van der Waals surface area (Å²) in [5, 5.41) is 7.06. The molecule has 0 bridgehead atoms. The first-order valence-electron chi connectivity index (χ1n) is 10.1. The Kier molecular flexibility index (Phi) is 7.87. The van der Waals surface area contributed by atoms with E-state index in [1.54, 1.807) is 0 Å². The first kappa shape index (κ1) is 21.0. The molecule has 0 spiro atoms. The molecular formula is C20H34N4OS2. The third kappa shape index (κ3) is 5.86. The Balaban J connectivity index is 1.62. The standard InChI is InChI=1S/C20H34N4OS2/c1-4-21-19(23-16(2)13-18-6-5-17(3)27-18)22-14-20(7-12-26-15-20)24-8-10-25-11-9-24/h5-6,16H,4,7-15H2,1-3H3,(H2,21,22,23). The third-order valence-electron chi connectivity index (χ3n) is 5.33. The molecule has 2 aliphatic rings. The number of nitrogens with zero attached hydrogens (tertiary/aromatic N) is 2. The highest BCUT2D eigenvalue weighted by Gasteiger charge is 2.40. The van der Waals surface area contributed by atoms with Gasteiger partial charge in [0.05, 0.1) is 25.3 Å². The summed E-state index contributed by atoms with van der Waals surface area (Å²) in [7, 11) is 0. The Morgan fingerprint density at radius 2 is 2.19 bits per heavy atom. The van der Waals surface area contributed by atoms with E-state index in [0.717, 1.165) is 51.8 Å². The Hall–Kier alpha value is -0.760. The summed E-state index contributed by atoms with van der Waals surface area (Å²) in [6.45, 7) is 12.1. The zero-order valence-corrected chi connectivity index (χ0v) is 18.6. The smallest absolute Gasteiger partial charge is 0.191 e. The zero-order valence-electron chi connectivity index (χ0n) is 16.9. The van der Waals surface area contributed by atoms with Crippen LogP contribution in [0.5, 0.6) is 0 Å². The molecule has 1 aromatic heterocycles. The van der Waals surface area contributed by atoms with Gasteiger partial charge in [0.15, 0.2) is 5.96 Å². The van der Waals surface area contributed by atoms with Crippen molar-refractivity contribution in [1.82, 2.24) is 15.5 Å². The molecule has 0 saturated carbocycles. The number of aryl methyl sites for hydroxylation is 1. The topological polar surface area (TPSA) is 48.9 Å². The van der Waals surface area contributed by atoms with Crippen molar-refractivity contribution in [2.45, 2.75) is 45.2 Å². The number of ether oxygens (including phenoxy) is 1. The average Bonchev–Trinajstić information content (AvgIpc) is 3.30. The van der Waals surface area contributed by atoms with Gasteiger partial charge < -0.3 is 15.4 Å². The highest BCUT2D eigenvalue weighted by Crippen LogP contribution is 2.34. The van der Waals surface area contributed by atoms with Gasteiger partial charge in [0.1, 0.15) is 0 Å². The van der Waals surface area contributed by atoms with Gasteiger partial charge in [-0.15, -0.1) is 11.3 Å². The molecule has 0 radical (unpaired) electrons. The Bertz CT molecular complexity index is 607. The first-order valence-corrected chi connectivity index (χ1v) is 12.1. The van der Waals surface area contributed by atoms with Crippen LogP contribution in [0.4, 0.5) is 0 Å². The number of nitrogens with one attached hydrogen (secondary N) is 2. The SMILES string of the molecule is CCNC(=NCC1(N2CCOCC2)CCSC1)NC(C)Cc1ccc(C)s1. The van der Waals surface area contributed by atoms with Gasteiger partial charge in [-0.2, -0.15) is 11.8 Å². The van der Waals surface area contributed by atoms with Crippen molar-refractivity contribution in [3.63, 3.8) is 0 Å². The molecule has 0 aliphatic carbocycles. The second kappa shape index (κ2) is 10.1. The highest BCUT2D eigenvalue weighted by atomic mass is 32.2. The predicted molar refractivity (Wildman–Crippen MR) is 118 cm³/mol. The van der Waals surface area contributed by atoms with Crippen molar-refractivity contribution in [2.24, 2.45) is 4.99 Å². The minimum absolute atomic E-state index is 0.199. The lowest BCUT2D eigenvalue weighted by atomic mass is 9.96. The Morgan fingerprint density at radius 1 is 1.37 bits per heavy atom. The van der Waals surface area contributed by atoms with Crippen LogP contribution in [0, 0.1) is 6.92 Å². The molecule has 27 heavy (non-hydrogen) atoms. The van der Waals surface area contributed by atoms with Crippen LogP contribution in [-0.2, 0) is 11.2 Å². The van der Waals surface area contributed by atoms with E-state index in [4.69, 9.17) is 9.73 Å². The van der Waals surface area contributed by atoms with Crippen LogP contribution in [-0.4, -0.2) is 73.3 Å². The van der Waals surface area contributed by atoms with E-state index >= 15 is 0 Å². The lowest BCUT2D eigenvalue weighted by Crippen LogP contribution is -2.56. The number of hydrogen-bond donors (Lipinski definition) is 2. The summed E-state index contributed by atoms with van der Waals surface area (Å²) >= 11 is 3.95. The lowest BCUT2D eigenvalue weighted by molar-refractivity contribution is -0.0104. The number of guanidine groups is 1. The highest BCUT2D eigenvalue weighted by molar-refractivity contribution is 7.99. The summed E-state index contributed by atoms with van der Waals surface area (Å²) in [5.74, 6) is 3.37. The number of morpholine rings is 1. The van der Waals surface area contributed by atoms with Gasteiger partial charge in [0, 0.05) is 47.6 Å². The van der Waals surface area contributed by atoms with Crippen LogP contribution >= 0.6 is 23.1 Å². The monoisotopic (exact) mass is 410 g/mol. The van der Waals surface area contributed by atoms with Crippen molar-refractivity contribution in [3.05, 3.63) is 21.9 Å². The van der Waals surface area contributed by atoms with Crippen LogP contribution in [0.25, 0.3) is 0 Å². The summed E-state index contributed by atoms with van der Waals surface area (Å²) < 4.78 is 5.57. The molecule has 5 nitrogen and oxygen atoms in total. The van der Waals surface area contributed by atoms with Gasteiger partial charge >= 0.3 is 0 Å². The Morgan fingerprint density at radius 3 is 2.81 bits per heavy atom. The van der Waals surface area contributed by atoms with Crippen LogP contribution in [0.15, 0.2) is 17.1 Å². The maximum Gasteiger partial charge on any atom is 0.191 e. The number of aliphatic imine (C=N–C) groups is 1. The van der Waals surface area contributed by atoms with E-state index in [2.05, 4.69) is 60.2 Å². The fraction of sp³-hybridized carbons (Fsp3) is 0.750. The van der Waals surface area contributed by atoms with Gasteiger partial charge in [-0.25, -0.2) is 0 Å². The van der Waals surface area contributed by atoms with Crippen molar-refractivity contribution in [2.75, 3.05) is 50.9 Å². The number of thioether (sulfide) groups is 1. The predicted octanol–water partition coefficient (Wildman–Crippen LogP) is 2.75. The summed E-state index contributed by atoms with van der Waals surface area (Å²) in [6.07, 6.45) is 2.26. The molecule has 2 aliphatic heterocycles. The van der Waals surface area contributed by atoms with Crippen molar-refractivity contribution < 1.29 is 4.74 Å². The molecule has 2 unspecified atom stereocenters. The van der Waals surface area contributed by atoms with Gasteiger partial charge in [-0.3, -0.25) is 9.89 Å². The maximum absolute atomic E-state index is 5.57. The fourth-order valence-electron chi connectivity index (χ4n) is 3.84. The van der Waals surface area contributed by atoms with Gasteiger partial charge in [0.2, 0.25) is 0 Å². The summed E-state index contributed by atoms with van der Waals surface area (Å²) in [4.78, 5) is 10.5. The average molecular weight is 411 g/mol. The molecule has 2 fully saturated rings. The van der Waals surface area contributed by atoms with E-state index in [0.29, 0.717) is 6.04 Å². The molecule has 0 amide bonds. The van der Waals surface area contributed by atoms with E-state index in [-0.39, 0.29) is 5.54 Å². The second-order valence-corrected chi connectivity index (χ2v) is 10.1. The molecule has 1 aromatic rings. The minimum atomic E-state index is 0.199. The van der Waals surface area contributed by atoms with Gasteiger partial charge in [0.25, 0.3) is 0 Å². The van der Waals surface area contributed by atoms with Gasteiger partial charge in [-0.1, -0.05) is 0 Å². The van der Waals surface area contributed by atoms with Crippen LogP contribution < -0.4 is 10.6 Å². The molecule has 7 heteroatoms. The van der Waals surface area contributed by atoms with Crippen molar-refractivity contribution in [3.8, 4) is 0 Å². The maximum atomic E-state index is 5.57. The molecular weight excluding hydrogens is 376 g/mol. The summed E-state index contributed by atoms with van der Waals surface area (Å²) in [5.41, 5.74) is 0.199. The normalized spacial score (nSPS) is 25.5. The molecule has 3 rings (SSSR count). The van der Waals surface area contributed by atoms with E-state index in [9.17, 15) is 0 Å². The van der Waals surface area contributed by atoms with Crippen molar-refractivity contribution in [1.29, 1.82) is 0 Å². The van der Waals surface area contributed by atoms with Crippen LogP contribution in [0.2, 0.25) is 0 Å².